The van der Waals surface area contributed by atoms with Crippen LogP contribution < -0.4 is 0 Å². The number of Topliss-reactive ketones (excluding diaryl/α,β-unsaturated/α-hetero) is 1. The van der Waals surface area contributed by atoms with Crippen molar-refractivity contribution in [1.82, 2.24) is 4.98 Å². The van der Waals surface area contributed by atoms with Crippen molar-refractivity contribution in [3.8, 4) is 5.75 Å². The number of pyridine rings is 1. The number of nitrogens with zero attached hydrogens (tertiary/aromatic N) is 1. The van der Waals surface area contributed by atoms with Crippen molar-refractivity contribution in [3.05, 3.63) is 36.0 Å². The first kappa shape index (κ1) is 8.69. The molecular weight excluding hydrogens is 178 g/mol. The fourth-order valence-electron chi connectivity index (χ4n) is 1.39. The average molecular weight is 187 g/mol. The minimum atomic E-state index is -0.145. The van der Waals surface area contributed by atoms with E-state index in [-0.39, 0.29) is 11.5 Å². The molecule has 3 nitrogen and oxygen atoms in total. The van der Waals surface area contributed by atoms with Crippen LogP contribution in [0.3, 0.4) is 0 Å². The third-order valence-electron chi connectivity index (χ3n) is 2.10. The topological polar surface area (TPSA) is 50.2 Å². The van der Waals surface area contributed by atoms with Crippen molar-refractivity contribution in [2.24, 2.45) is 0 Å². The van der Waals surface area contributed by atoms with E-state index in [2.05, 4.69) is 4.98 Å². The lowest BCUT2D eigenvalue weighted by molar-refractivity contribution is 0.101. The molecule has 0 unspecified atom stereocenters. The molecule has 3 heteroatoms. The Morgan fingerprint density at radius 1 is 1.43 bits per heavy atom. The quantitative estimate of drug-likeness (QED) is 0.696. The van der Waals surface area contributed by atoms with Crippen molar-refractivity contribution in [1.29, 1.82) is 0 Å². The first-order valence-corrected chi connectivity index (χ1v) is 4.27. The summed E-state index contributed by atoms with van der Waals surface area (Å²) < 4.78 is 0. The summed E-state index contributed by atoms with van der Waals surface area (Å²) in [6, 6.07) is 6.81. The SMILES string of the molecule is CC(=O)c1cc2cccnc2cc1O. The number of fused-ring (bicyclic) bond motifs is 1. The monoisotopic (exact) mass is 187 g/mol. The summed E-state index contributed by atoms with van der Waals surface area (Å²) in [4.78, 5) is 15.2. The minimum absolute atomic E-state index is 0.0105. The number of phenolic OH excluding ortho intramolecular Hbond substituents is 1. The summed E-state index contributed by atoms with van der Waals surface area (Å²) in [6.45, 7) is 1.43. The Morgan fingerprint density at radius 3 is 2.93 bits per heavy atom. The van der Waals surface area contributed by atoms with E-state index in [1.807, 2.05) is 6.07 Å². The summed E-state index contributed by atoms with van der Waals surface area (Å²) in [5.41, 5.74) is 1.03. The minimum Gasteiger partial charge on any atom is -0.507 e. The van der Waals surface area contributed by atoms with Crippen LogP contribution in [0.4, 0.5) is 0 Å². The zero-order chi connectivity index (χ0) is 10.1. The van der Waals surface area contributed by atoms with Gasteiger partial charge in [0.2, 0.25) is 0 Å². The van der Waals surface area contributed by atoms with E-state index in [4.69, 9.17) is 0 Å². The second-order valence-corrected chi connectivity index (χ2v) is 3.12. The molecule has 1 heterocycles. The summed E-state index contributed by atoms with van der Waals surface area (Å²) in [5.74, 6) is -0.156. The van der Waals surface area contributed by atoms with Crippen molar-refractivity contribution in [2.45, 2.75) is 6.92 Å². The zero-order valence-electron chi connectivity index (χ0n) is 7.69. The van der Waals surface area contributed by atoms with E-state index < -0.39 is 0 Å². The van der Waals surface area contributed by atoms with E-state index in [0.717, 1.165) is 5.39 Å². The molecule has 1 aromatic heterocycles. The number of aromatic nitrogens is 1. The van der Waals surface area contributed by atoms with Crippen LogP contribution in [0, 0.1) is 0 Å². The molecule has 0 saturated carbocycles. The normalized spacial score (nSPS) is 10.4. The van der Waals surface area contributed by atoms with Crippen LogP contribution in [0.25, 0.3) is 10.9 Å². The Morgan fingerprint density at radius 2 is 2.21 bits per heavy atom. The van der Waals surface area contributed by atoms with Crippen molar-refractivity contribution >= 4 is 16.7 Å². The molecule has 0 fully saturated rings. The van der Waals surface area contributed by atoms with Crippen molar-refractivity contribution in [2.75, 3.05) is 0 Å². The highest BCUT2D eigenvalue weighted by atomic mass is 16.3. The maximum Gasteiger partial charge on any atom is 0.163 e. The van der Waals surface area contributed by atoms with Gasteiger partial charge in [-0.1, -0.05) is 6.07 Å². The number of rotatable bonds is 1. The number of carbonyl (C=O) groups excluding carboxylic acids is 1. The van der Waals surface area contributed by atoms with E-state index in [9.17, 15) is 9.90 Å². The molecule has 0 aliphatic carbocycles. The standard InChI is InChI=1S/C11H9NO2/c1-7(13)9-5-8-3-2-4-12-10(8)6-11(9)14/h2-6,14H,1H3. The molecule has 0 saturated heterocycles. The molecular formula is C11H9NO2. The van der Waals surface area contributed by atoms with Crippen LogP contribution in [0.15, 0.2) is 30.5 Å². The predicted octanol–water partition coefficient (Wildman–Crippen LogP) is 2.14. The Balaban J connectivity index is 2.77. The molecule has 14 heavy (non-hydrogen) atoms. The summed E-state index contributed by atoms with van der Waals surface area (Å²) in [7, 11) is 0. The molecule has 1 aromatic carbocycles. The number of ketones is 1. The van der Waals surface area contributed by atoms with Gasteiger partial charge in [0.1, 0.15) is 5.75 Å². The number of hydrogen-bond donors (Lipinski definition) is 1. The van der Waals surface area contributed by atoms with Gasteiger partial charge in [-0.15, -0.1) is 0 Å². The largest absolute Gasteiger partial charge is 0.507 e. The number of benzene rings is 1. The molecule has 0 aliphatic rings. The highest BCUT2D eigenvalue weighted by Gasteiger charge is 2.07. The summed E-state index contributed by atoms with van der Waals surface area (Å²) >= 11 is 0. The molecule has 0 atom stereocenters. The van der Waals surface area contributed by atoms with Gasteiger partial charge in [0.05, 0.1) is 11.1 Å². The van der Waals surface area contributed by atoms with Gasteiger partial charge < -0.3 is 5.11 Å². The number of phenols is 1. The lowest BCUT2D eigenvalue weighted by atomic mass is 10.1. The van der Waals surface area contributed by atoms with Crippen LogP contribution in [0.5, 0.6) is 5.75 Å². The van der Waals surface area contributed by atoms with Gasteiger partial charge in [-0.25, -0.2) is 0 Å². The first-order valence-electron chi connectivity index (χ1n) is 4.27. The lowest BCUT2D eigenvalue weighted by Crippen LogP contribution is -1.93. The smallest absolute Gasteiger partial charge is 0.163 e. The van der Waals surface area contributed by atoms with Gasteiger partial charge in [-0.3, -0.25) is 9.78 Å². The second kappa shape index (κ2) is 3.10. The van der Waals surface area contributed by atoms with E-state index in [1.54, 1.807) is 18.3 Å². The number of aromatic hydroxyl groups is 1. The van der Waals surface area contributed by atoms with Crippen LogP contribution >= 0.6 is 0 Å². The highest BCUT2D eigenvalue weighted by Crippen LogP contribution is 2.23. The Hall–Kier alpha value is -1.90. The van der Waals surface area contributed by atoms with Crippen LogP contribution in [-0.2, 0) is 0 Å². The number of hydrogen-bond acceptors (Lipinski definition) is 3. The fraction of sp³-hybridized carbons (Fsp3) is 0.0909. The molecule has 70 valence electrons. The molecule has 0 aliphatic heterocycles. The van der Waals surface area contributed by atoms with Gasteiger partial charge in [-0.2, -0.15) is 0 Å². The molecule has 2 aromatic rings. The molecule has 0 bridgehead atoms. The molecule has 2 rings (SSSR count). The second-order valence-electron chi connectivity index (χ2n) is 3.12. The van der Waals surface area contributed by atoms with Crippen molar-refractivity contribution in [3.63, 3.8) is 0 Å². The maximum absolute atomic E-state index is 11.1. The molecule has 0 amide bonds. The van der Waals surface area contributed by atoms with E-state index >= 15 is 0 Å². The van der Waals surface area contributed by atoms with Crippen LogP contribution in [-0.4, -0.2) is 15.9 Å². The summed E-state index contributed by atoms with van der Waals surface area (Å²) in [6.07, 6.45) is 1.65. The number of carbonyl (C=O) groups is 1. The molecule has 1 N–H and O–H groups in total. The fourth-order valence-corrected chi connectivity index (χ4v) is 1.39. The third kappa shape index (κ3) is 1.33. The van der Waals surface area contributed by atoms with Gasteiger partial charge in [-0.05, 0) is 19.1 Å². The third-order valence-corrected chi connectivity index (χ3v) is 2.10. The van der Waals surface area contributed by atoms with Gasteiger partial charge in [0.15, 0.2) is 5.78 Å². The van der Waals surface area contributed by atoms with E-state index in [0.29, 0.717) is 11.1 Å². The Kier molecular flexibility index (Phi) is 1.93. The zero-order valence-corrected chi connectivity index (χ0v) is 7.69. The first-order chi connectivity index (χ1) is 6.68. The predicted molar refractivity (Wildman–Crippen MR) is 53.4 cm³/mol. The van der Waals surface area contributed by atoms with Gasteiger partial charge >= 0.3 is 0 Å². The van der Waals surface area contributed by atoms with Crippen LogP contribution in [0.2, 0.25) is 0 Å². The Bertz CT molecular complexity index is 506. The lowest BCUT2D eigenvalue weighted by Gasteiger charge is -2.02. The van der Waals surface area contributed by atoms with E-state index in [1.165, 1.54) is 13.0 Å². The summed E-state index contributed by atoms with van der Waals surface area (Å²) in [5, 5.41) is 10.4. The van der Waals surface area contributed by atoms with Gasteiger partial charge in [0, 0.05) is 17.6 Å². The molecule has 0 radical (unpaired) electrons. The van der Waals surface area contributed by atoms with Crippen LogP contribution in [0.1, 0.15) is 17.3 Å². The Labute approximate surface area is 81.0 Å². The average Bonchev–Trinajstić information content (AvgIpc) is 2.16. The highest BCUT2D eigenvalue weighted by molar-refractivity contribution is 6.00. The molecule has 0 spiro atoms. The maximum atomic E-state index is 11.1. The van der Waals surface area contributed by atoms with Gasteiger partial charge in [0.25, 0.3) is 0 Å². The van der Waals surface area contributed by atoms with Crippen molar-refractivity contribution < 1.29 is 9.90 Å².